The van der Waals surface area contributed by atoms with Crippen LogP contribution in [0.25, 0.3) is 0 Å². The first-order valence-corrected chi connectivity index (χ1v) is 7.24. The number of halogens is 1. The maximum Gasteiger partial charge on any atom is 0.338 e. The van der Waals surface area contributed by atoms with Crippen molar-refractivity contribution in [3.05, 3.63) is 63.6 Å². The molecule has 4 heteroatoms. The van der Waals surface area contributed by atoms with Gasteiger partial charge in [0, 0.05) is 11.0 Å². The number of hydrogen-bond donors (Lipinski definition) is 2. The molecule has 0 aromatic heterocycles. The average Bonchev–Trinajstić information content (AvgIpc) is 2.45. The van der Waals surface area contributed by atoms with E-state index >= 15 is 0 Å². The van der Waals surface area contributed by atoms with E-state index in [0.717, 1.165) is 12.0 Å². The fourth-order valence-electron chi connectivity index (χ4n) is 1.98. The van der Waals surface area contributed by atoms with Crippen LogP contribution in [0, 0.1) is 0 Å². The lowest BCUT2D eigenvalue weighted by Crippen LogP contribution is -2.07. The molecule has 2 aromatic rings. The molecule has 20 heavy (non-hydrogen) atoms. The van der Waals surface area contributed by atoms with Crippen LogP contribution in [-0.4, -0.2) is 11.1 Å². The normalized spacial score (nSPS) is 10.3. The van der Waals surface area contributed by atoms with Crippen LogP contribution in [0.3, 0.4) is 0 Å². The third-order valence-electron chi connectivity index (χ3n) is 3.14. The van der Waals surface area contributed by atoms with Gasteiger partial charge in [0.15, 0.2) is 0 Å². The number of carboxylic acid groups (broad SMARTS) is 1. The molecule has 0 heterocycles. The topological polar surface area (TPSA) is 49.3 Å². The highest BCUT2D eigenvalue weighted by Crippen LogP contribution is 2.25. The summed E-state index contributed by atoms with van der Waals surface area (Å²) in [5, 5.41) is 12.4. The van der Waals surface area contributed by atoms with Crippen molar-refractivity contribution >= 4 is 27.6 Å². The fraction of sp³-hybridized carbons (Fsp3) is 0.188. The number of rotatable bonds is 5. The Morgan fingerprint density at radius 3 is 2.40 bits per heavy atom. The number of benzene rings is 2. The number of nitrogens with one attached hydrogen (secondary N) is 1. The van der Waals surface area contributed by atoms with Crippen molar-refractivity contribution in [3.8, 4) is 0 Å². The van der Waals surface area contributed by atoms with Crippen molar-refractivity contribution in [2.45, 2.75) is 19.9 Å². The van der Waals surface area contributed by atoms with Gasteiger partial charge in [0.1, 0.15) is 0 Å². The number of aryl methyl sites for hydroxylation is 1. The summed E-state index contributed by atoms with van der Waals surface area (Å²) in [6, 6.07) is 13.6. The molecule has 2 rings (SSSR count). The average molecular weight is 334 g/mol. The fourth-order valence-corrected chi connectivity index (χ4v) is 2.51. The van der Waals surface area contributed by atoms with Crippen LogP contribution < -0.4 is 5.32 Å². The minimum atomic E-state index is -0.943. The third kappa shape index (κ3) is 3.39. The lowest BCUT2D eigenvalue weighted by molar-refractivity contribution is 0.0697. The molecule has 2 aromatic carbocycles. The molecule has 0 atom stereocenters. The van der Waals surface area contributed by atoms with Crippen LogP contribution >= 0.6 is 15.9 Å². The molecule has 0 aliphatic heterocycles. The van der Waals surface area contributed by atoms with E-state index in [1.54, 1.807) is 12.1 Å². The minimum absolute atomic E-state index is 0.262. The van der Waals surface area contributed by atoms with Gasteiger partial charge in [-0.25, -0.2) is 4.79 Å². The Balaban J connectivity index is 2.14. The molecule has 0 unspecified atom stereocenters. The zero-order valence-electron chi connectivity index (χ0n) is 11.2. The van der Waals surface area contributed by atoms with Gasteiger partial charge in [-0.3, -0.25) is 0 Å². The van der Waals surface area contributed by atoms with Crippen molar-refractivity contribution in [2.24, 2.45) is 0 Å². The first-order valence-electron chi connectivity index (χ1n) is 6.45. The maximum atomic E-state index is 11.3. The molecule has 104 valence electrons. The summed E-state index contributed by atoms with van der Waals surface area (Å²) in [4.78, 5) is 11.3. The zero-order chi connectivity index (χ0) is 14.5. The second kappa shape index (κ2) is 6.57. The van der Waals surface area contributed by atoms with Gasteiger partial charge < -0.3 is 10.4 Å². The van der Waals surface area contributed by atoms with Crippen LogP contribution in [-0.2, 0) is 13.0 Å². The van der Waals surface area contributed by atoms with Crippen molar-refractivity contribution in [2.75, 3.05) is 5.32 Å². The van der Waals surface area contributed by atoms with Gasteiger partial charge in [0.05, 0.1) is 11.3 Å². The molecule has 3 nitrogen and oxygen atoms in total. The predicted octanol–water partition coefficient (Wildman–Crippen LogP) is 4.32. The summed E-state index contributed by atoms with van der Waals surface area (Å²) in [5.41, 5.74) is 3.30. The predicted molar refractivity (Wildman–Crippen MR) is 84.2 cm³/mol. The van der Waals surface area contributed by atoms with Crippen LogP contribution in [0.1, 0.15) is 28.4 Å². The molecule has 0 fully saturated rings. The molecular weight excluding hydrogens is 318 g/mol. The highest BCUT2D eigenvalue weighted by Gasteiger charge is 2.13. The Morgan fingerprint density at radius 2 is 1.80 bits per heavy atom. The van der Waals surface area contributed by atoms with Gasteiger partial charge in [-0.05, 0) is 45.6 Å². The van der Waals surface area contributed by atoms with E-state index in [4.69, 9.17) is 0 Å². The number of aromatic carboxylic acids is 1. The number of hydrogen-bond acceptors (Lipinski definition) is 2. The highest BCUT2D eigenvalue weighted by molar-refractivity contribution is 9.10. The Bertz CT molecular complexity index is 608. The van der Waals surface area contributed by atoms with Gasteiger partial charge in [0.25, 0.3) is 0 Å². The van der Waals surface area contributed by atoms with Crippen molar-refractivity contribution in [1.29, 1.82) is 0 Å². The van der Waals surface area contributed by atoms with Crippen LogP contribution in [0.5, 0.6) is 0 Å². The summed E-state index contributed by atoms with van der Waals surface area (Å²) >= 11 is 3.27. The Kier molecular flexibility index (Phi) is 4.79. The van der Waals surface area contributed by atoms with Crippen molar-refractivity contribution in [3.63, 3.8) is 0 Å². The Labute approximate surface area is 126 Å². The summed E-state index contributed by atoms with van der Waals surface area (Å²) in [6.07, 6.45) is 1.02. The van der Waals surface area contributed by atoms with E-state index in [-0.39, 0.29) is 5.56 Å². The molecular formula is C16H16BrNO2. The monoisotopic (exact) mass is 333 g/mol. The second-order valence-electron chi connectivity index (χ2n) is 4.49. The van der Waals surface area contributed by atoms with E-state index in [1.807, 2.05) is 6.07 Å². The summed E-state index contributed by atoms with van der Waals surface area (Å²) in [7, 11) is 0. The van der Waals surface area contributed by atoms with E-state index in [0.29, 0.717) is 16.7 Å². The van der Waals surface area contributed by atoms with E-state index < -0.39 is 5.97 Å². The number of carboxylic acids is 1. The van der Waals surface area contributed by atoms with Gasteiger partial charge in [0.2, 0.25) is 0 Å². The molecule has 0 radical (unpaired) electrons. The Hall–Kier alpha value is -1.81. The molecule has 0 bridgehead atoms. The molecule has 0 aliphatic rings. The van der Waals surface area contributed by atoms with Crippen LogP contribution in [0.2, 0.25) is 0 Å². The maximum absolute atomic E-state index is 11.3. The molecule has 0 saturated heterocycles. The summed E-state index contributed by atoms with van der Waals surface area (Å²) in [6.45, 7) is 2.72. The van der Waals surface area contributed by atoms with Crippen molar-refractivity contribution in [1.82, 2.24) is 0 Å². The molecule has 0 spiro atoms. The van der Waals surface area contributed by atoms with Crippen LogP contribution in [0.4, 0.5) is 5.69 Å². The minimum Gasteiger partial charge on any atom is -0.478 e. The Morgan fingerprint density at radius 1 is 1.15 bits per heavy atom. The largest absolute Gasteiger partial charge is 0.478 e. The van der Waals surface area contributed by atoms with Crippen LogP contribution in [0.15, 0.2) is 46.9 Å². The van der Waals surface area contributed by atoms with Gasteiger partial charge in [-0.15, -0.1) is 0 Å². The number of anilines is 1. The first kappa shape index (κ1) is 14.6. The summed E-state index contributed by atoms with van der Waals surface area (Å²) < 4.78 is 0.580. The number of carbonyl (C=O) groups is 1. The van der Waals surface area contributed by atoms with E-state index in [9.17, 15) is 9.90 Å². The molecule has 0 saturated carbocycles. The quantitative estimate of drug-likeness (QED) is 0.856. The lowest BCUT2D eigenvalue weighted by Gasteiger charge is -2.11. The molecule has 2 N–H and O–H groups in total. The molecule has 0 amide bonds. The third-order valence-corrected chi connectivity index (χ3v) is 3.80. The SMILES string of the molecule is CCc1ccc(CNc2cccc(Br)c2C(=O)O)cc1. The zero-order valence-corrected chi connectivity index (χ0v) is 12.8. The lowest BCUT2D eigenvalue weighted by atomic mass is 10.1. The smallest absolute Gasteiger partial charge is 0.338 e. The van der Waals surface area contributed by atoms with E-state index in [2.05, 4.69) is 52.4 Å². The van der Waals surface area contributed by atoms with E-state index in [1.165, 1.54) is 5.56 Å². The first-order chi connectivity index (χ1) is 9.61. The van der Waals surface area contributed by atoms with Crippen molar-refractivity contribution < 1.29 is 9.90 Å². The standard InChI is InChI=1S/C16H16BrNO2/c1-2-11-6-8-12(9-7-11)10-18-14-5-3-4-13(17)15(14)16(19)20/h3-9,18H,2,10H2,1H3,(H,19,20). The van der Waals surface area contributed by atoms with Gasteiger partial charge in [-0.1, -0.05) is 37.3 Å². The summed E-state index contributed by atoms with van der Waals surface area (Å²) in [5.74, 6) is -0.943. The molecule has 0 aliphatic carbocycles. The highest BCUT2D eigenvalue weighted by atomic mass is 79.9. The van der Waals surface area contributed by atoms with Gasteiger partial charge in [-0.2, -0.15) is 0 Å². The second-order valence-corrected chi connectivity index (χ2v) is 5.35. The van der Waals surface area contributed by atoms with Gasteiger partial charge >= 0.3 is 5.97 Å².